The van der Waals surface area contributed by atoms with Gasteiger partial charge < -0.3 is 0 Å². The quantitative estimate of drug-likeness (QED) is 0.155. The summed E-state index contributed by atoms with van der Waals surface area (Å²) in [4.78, 5) is 0. The van der Waals surface area contributed by atoms with Gasteiger partial charge in [-0.1, -0.05) is 121 Å². The van der Waals surface area contributed by atoms with Gasteiger partial charge in [-0.15, -0.1) is 0 Å². The van der Waals surface area contributed by atoms with E-state index in [2.05, 4.69) is 0 Å². The van der Waals surface area contributed by atoms with Crippen LogP contribution in [0.25, 0.3) is 24.3 Å². The molecule has 0 saturated heterocycles. The van der Waals surface area contributed by atoms with Crippen LogP contribution in [0, 0.1) is 23.3 Å². The number of hydrogen-bond acceptors (Lipinski definition) is 0. The van der Waals surface area contributed by atoms with Crippen LogP contribution in [-0.2, 0) is 0 Å². The maximum atomic E-state index is 12.7. The lowest BCUT2D eigenvalue weighted by Gasteiger charge is -1.91. The van der Waals surface area contributed by atoms with Crippen LogP contribution in [0.3, 0.4) is 0 Å². The molecule has 0 heterocycles. The van der Waals surface area contributed by atoms with Gasteiger partial charge in [0.15, 0.2) is 0 Å². The number of halogens is 4. The fraction of sp³-hybridized carbons (Fsp3) is 0. The van der Waals surface area contributed by atoms with E-state index >= 15 is 0 Å². The number of allylic oxidation sites excluding steroid dienone is 8. The van der Waals surface area contributed by atoms with Crippen LogP contribution in [0.15, 0.2) is 146 Å². The van der Waals surface area contributed by atoms with E-state index in [0.29, 0.717) is 0 Å². The van der Waals surface area contributed by atoms with Crippen molar-refractivity contribution >= 4 is 24.3 Å². The predicted octanol–water partition coefficient (Wildman–Crippen LogP) is 10.5. The van der Waals surface area contributed by atoms with Crippen molar-refractivity contribution in [2.24, 2.45) is 0 Å². The zero-order chi connectivity index (χ0) is 28.4. The van der Waals surface area contributed by atoms with Gasteiger partial charge >= 0.3 is 0 Å². The Hall–Kier alpha value is -4.96. The van der Waals surface area contributed by atoms with Gasteiger partial charge in [0.2, 0.25) is 0 Å². The molecule has 0 atom stereocenters. The number of hydrogen-bond donors (Lipinski definition) is 0. The molecule has 0 aliphatic heterocycles. The Balaban J connectivity index is 0.000000220. The fourth-order valence-corrected chi connectivity index (χ4v) is 3.22. The molecule has 0 unspecified atom stereocenters. The van der Waals surface area contributed by atoms with Gasteiger partial charge in [0.05, 0.1) is 0 Å². The summed E-state index contributed by atoms with van der Waals surface area (Å²) in [7, 11) is 0. The number of benzene rings is 4. The second kappa shape index (κ2) is 16.8. The molecule has 40 heavy (non-hydrogen) atoms. The number of rotatable bonds is 8. The van der Waals surface area contributed by atoms with Crippen molar-refractivity contribution in [2.45, 2.75) is 0 Å². The summed E-state index contributed by atoms with van der Waals surface area (Å²) in [6.07, 6.45) is 22.6. The molecule has 0 nitrogen and oxygen atoms in total. The average molecular weight is 537 g/mol. The summed E-state index contributed by atoms with van der Waals surface area (Å²) in [6.45, 7) is 0. The first-order valence-corrected chi connectivity index (χ1v) is 12.5. The summed E-state index contributed by atoms with van der Waals surface area (Å²) >= 11 is 0. The van der Waals surface area contributed by atoms with Crippen molar-refractivity contribution in [3.63, 3.8) is 0 Å². The van der Waals surface area contributed by atoms with Crippen LogP contribution in [0.2, 0.25) is 0 Å². The Morgan fingerprint density at radius 1 is 0.250 bits per heavy atom. The maximum Gasteiger partial charge on any atom is 0.123 e. The Labute approximate surface area is 233 Å². The molecule has 4 aromatic rings. The summed E-state index contributed by atoms with van der Waals surface area (Å²) in [5, 5.41) is 0. The Kier molecular flexibility index (Phi) is 12.4. The van der Waals surface area contributed by atoms with Crippen LogP contribution in [-0.4, -0.2) is 0 Å². The SMILES string of the molecule is Fc1ccc(/C=C/C=C/C=C/c2ccc(F)cc2)cc1.Fc1ccc(/C=C/C=C/C=C/c2ccc(F)cc2)cc1. The van der Waals surface area contributed by atoms with Crippen LogP contribution in [0.5, 0.6) is 0 Å². The standard InChI is InChI=1S/2C18H14F2/c2*19-17-11-7-15(8-12-17)5-3-1-2-4-6-16-9-13-18(20)14-10-16/h2*1-14H/b2*2-1+,5-3+,6-4+. The van der Waals surface area contributed by atoms with Gasteiger partial charge in [-0.05, 0) is 70.8 Å². The highest BCUT2D eigenvalue weighted by Gasteiger charge is 1.90. The molecule has 4 heteroatoms. The van der Waals surface area contributed by atoms with Gasteiger partial charge in [-0.25, -0.2) is 17.6 Å². The highest BCUT2D eigenvalue weighted by Crippen LogP contribution is 2.08. The van der Waals surface area contributed by atoms with E-state index in [0.717, 1.165) is 22.3 Å². The molecule has 0 radical (unpaired) electrons. The Bertz CT molecular complexity index is 1240. The highest BCUT2D eigenvalue weighted by atomic mass is 19.1. The van der Waals surface area contributed by atoms with Gasteiger partial charge in [-0.2, -0.15) is 0 Å². The first-order chi connectivity index (χ1) is 19.5. The molecular formula is C36H28F4. The Morgan fingerprint density at radius 2 is 0.425 bits per heavy atom. The third-order valence-corrected chi connectivity index (χ3v) is 5.30. The summed E-state index contributed by atoms with van der Waals surface area (Å²) in [6, 6.07) is 25.2. The second-order valence-electron chi connectivity index (χ2n) is 8.41. The van der Waals surface area contributed by atoms with E-state index in [1.165, 1.54) is 48.5 Å². The van der Waals surface area contributed by atoms with Crippen molar-refractivity contribution < 1.29 is 17.6 Å². The molecule has 0 spiro atoms. The molecule has 4 rings (SSSR count). The van der Waals surface area contributed by atoms with Gasteiger partial charge in [0, 0.05) is 0 Å². The topological polar surface area (TPSA) is 0 Å². The monoisotopic (exact) mass is 536 g/mol. The van der Waals surface area contributed by atoms with Gasteiger partial charge in [0.1, 0.15) is 23.3 Å². The van der Waals surface area contributed by atoms with Crippen molar-refractivity contribution in [3.05, 3.63) is 191 Å². The molecule has 0 aliphatic carbocycles. The van der Waals surface area contributed by atoms with Gasteiger partial charge in [-0.3, -0.25) is 0 Å². The molecule has 0 N–H and O–H groups in total. The third-order valence-electron chi connectivity index (χ3n) is 5.30. The second-order valence-corrected chi connectivity index (χ2v) is 8.41. The maximum absolute atomic E-state index is 12.7. The molecule has 0 saturated carbocycles. The summed E-state index contributed by atoms with van der Waals surface area (Å²) < 4.78 is 50.8. The van der Waals surface area contributed by atoms with Crippen LogP contribution in [0.1, 0.15) is 22.3 Å². The van der Waals surface area contributed by atoms with E-state index in [9.17, 15) is 17.6 Å². The predicted molar refractivity (Wildman–Crippen MR) is 160 cm³/mol. The van der Waals surface area contributed by atoms with Crippen LogP contribution < -0.4 is 0 Å². The molecular weight excluding hydrogens is 508 g/mol. The Morgan fingerprint density at radius 3 is 0.600 bits per heavy atom. The first-order valence-electron chi connectivity index (χ1n) is 12.5. The minimum absolute atomic E-state index is 0.236. The minimum atomic E-state index is -0.236. The van der Waals surface area contributed by atoms with Crippen LogP contribution >= 0.6 is 0 Å². The first kappa shape index (κ1) is 29.6. The third kappa shape index (κ3) is 12.1. The molecule has 0 aromatic heterocycles. The van der Waals surface area contributed by atoms with E-state index in [1.54, 1.807) is 48.5 Å². The fourth-order valence-electron chi connectivity index (χ4n) is 3.22. The zero-order valence-electron chi connectivity index (χ0n) is 21.7. The summed E-state index contributed by atoms with van der Waals surface area (Å²) in [5.41, 5.74) is 3.77. The summed E-state index contributed by atoms with van der Waals surface area (Å²) in [5.74, 6) is -0.945. The average Bonchev–Trinajstić information content (AvgIpc) is 2.97. The lowest BCUT2D eigenvalue weighted by Crippen LogP contribution is -1.73. The van der Waals surface area contributed by atoms with Gasteiger partial charge in [0.25, 0.3) is 0 Å². The van der Waals surface area contributed by atoms with E-state index in [1.807, 2.05) is 72.9 Å². The van der Waals surface area contributed by atoms with Crippen molar-refractivity contribution in [1.82, 2.24) is 0 Å². The largest absolute Gasteiger partial charge is 0.207 e. The van der Waals surface area contributed by atoms with E-state index in [-0.39, 0.29) is 23.3 Å². The molecule has 0 fully saturated rings. The lowest BCUT2D eigenvalue weighted by atomic mass is 10.2. The molecule has 0 bridgehead atoms. The van der Waals surface area contributed by atoms with Crippen molar-refractivity contribution in [3.8, 4) is 0 Å². The zero-order valence-corrected chi connectivity index (χ0v) is 21.7. The normalized spacial score (nSPS) is 11.9. The van der Waals surface area contributed by atoms with E-state index in [4.69, 9.17) is 0 Å². The van der Waals surface area contributed by atoms with Crippen molar-refractivity contribution in [2.75, 3.05) is 0 Å². The molecule has 0 aliphatic rings. The molecule has 4 aromatic carbocycles. The smallest absolute Gasteiger partial charge is 0.123 e. The van der Waals surface area contributed by atoms with E-state index < -0.39 is 0 Å². The molecule has 0 amide bonds. The highest BCUT2D eigenvalue weighted by molar-refractivity contribution is 5.54. The van der Waals surface area contributed by atoms with Crippen molar-refractivity contribution in [1.29, 1.82) is 0 Å². The molecule has 200 valence electrons. The van der Waals surface area contributed by atoms with Crippen LogP contribution in [0.4, 0.5) is 17.6 Å². The minimum Gasteiger partial charge on any atom is -0.207 e. The lowest BCUT2D eigenvalue weighted by molar-refractivity contribution is 0.627.